The summed E-state index contributed by atoms with van der Waals surface area (Å²) in [6.45, 7) is -1.27. The number of hydrogen-bond donors (Lipinski definition) is 3. The summed E-state index contributed by atoms with van der Waals surface area (Å²) in [7, 11) is -4.34. The van der Waals surface area contributed by atoms with Crippen LogP contribution < -0.4 is 10.6 Å². The highest BCUT2D eigenvalue weighted by Crippen LogP contribution is 2.42. The first kappa shape index (κ1) is 21.9. The van der Waals surface area contributed by atoms with E-state index in [2.05, 4.69) is 9.05 Å². The molecule has 0 saturated carbocycles. The van der Waals surface area contributed by atoms with Gasteiger partial charge in [0.05, 0.1) is 24.5 Å². The Morgan fingerprint density at radius 1 is 1.11 bits per heavy atom. The minimum atomic E-state index is -4.34. The van der Waals surface area contributed by atoms with Crippen LogP contribution in [0.1, 0.15) is 10.4 Å². The fourth-order valence-electron chi connectivity index (χ4n) is 2.09. The molecule has 2 amide bonds. The third-order valence-corrected chi connectivity index (χ3v) is 4.36. The Hall–Kier alpha value is -2.40. The monoisotopic (exact) mass is 414 g/mol. The molecule has 11 nitrogen and oxygen atoms in total. The number of carbonyl (C=O) groups excluding carboxylic acids is 3. The van der Waals surface area contributed by atoms with E-state index >= 15 is 0 Å². The van der Waals surface area contributed by atoms with E-state index in [4.69, 9.17) is 10.5 Å². The van der Waals surface area contributed by atoms with Crippen LogP contribution in [0.2, 0.25) is 0 Å². The van der Waals surface area contributed by atoms with Gasteiger partial charge in [-0.1, -0.05) is 0 Å². The Balaban J connectivity index is 1.82. The summed E-state index contributed by atoms with van der Waals surface area (Å²) in [6, 6.07) is 5.50. The zero-order chi connectivity index (χ0) is 20.7. The largest absolute Gasteiger partial charge is 0.472 e. The molecule has 4 N–H and O–H groups in total. The lowest BCUT2D eigenvalue weighted by Crippen LogP contribution is -2.29. The molecule has 0 radical (unpaired) electrons. The minimum absolute atomic E-state index is 0.0173. The standard InChI is InChI=1S/C16H19N2O9P/c17-7-8-26-28(23,24)27-10-13(19)9-25-16(22)11-1-3-12(4-2-11)18-14(20)5-6-15(18)21/h1-6,13,19H,7-10,17H2,(H,23,24). The van der Waals surface area contributed by atoms with Crippen molar-refractivity contribution in [2.75, 3.05) is 31.3 Å². The van der Waals surface area contributed by atoms with Gasteiger partial charge in [0, 0.05) is 18.7 Å². The van der Waals surface area contributed by atoms with E-state index in [1.165, 1.54) is 24.3 Å². The average molecular weight is 414 g/mol. The highest BCUT2D eigenvalue weighted by atomic mass is 31.2. The molecule has 1 aromatic rings. The molecule has 0 bridgehead atoms. The maximum Gasteiger partial charge on any atom is 0.472 e. The van der Waals surface area contributed by atoms with Crippen molar-refractivity contribution >= 4 is 31.3 Å². The molecule has 1 heterocycles. The second-order valence-corrected chi connectivity index (χ2v) is 6.98. The zero-order valence-corrected chi connectivity index (χ0v) is 15.5. The SMILES string of the molecule is NCCOP(=O)(O)OCC(O)COC(=O)c1ccc(N2C(=O)C=CC2=O)cc1. The molecule has 152 valence electrons. The van der Waals surface area contributed by atoms with E-state index in [0.29, 0.717) is 5.69 Å². The zero-order valence-electron chi connectivity index (χ0n) is 14.6. The van der Waals surface area contributed by atoms with Crippen LogP contribution in [0.3, 0.4) is 0 Å². The van der Waals surface area contributed by atoms with Crippen molar-refractivity contribution in [1.82, 2.24) is 0 Å². The summed E-state index contributed by atoms with van der Waals surface area (Å²) in [5.74, 6) is -1.76. The summed E-state index contributed by atoms with van der Waals surface area (Å²) < 4.78 is 25.3. The lowest BCUT2D eigenvalue weighted by atomic mass is 10.2. The number of esters is 1. The fourth-order valence-corrected chi connectivity index (χ4v) is 2.86. The van der Waals surface area contributed by atoms with Crippen molar-refractivity contribution in [3.63, 3.8) is 0 Å². The predicted molar refractivity (Wildman–Crippen MR) is 95.1 cm³/mol. The van der Waals surface area contributed by atoms with E-state index in [-0.39, 0.29) is 18.7 Å². The number of imide groups is 1. The lowest BCUT2D eigenvalue weighted by Gasteiger charge is -2.15. The summed E-state index contributed by atoms with van der Waals surface area (Å²) in [5, 5.41) is 9.68. The van der Waals surface area contributed by atoms with Gasteiger partial charge in [0.2, 0.25) is 0 Å². The van der Waals surface area contributed by atoms with Gasteiger partial charge in [0.25, 0.3) is 11.8 Å². The topological polar surface area (TPSA) is 166 Å². The van der Waals surface area contributed by atoms with Crippen LogP contribution in [0, 0.1) is 0 Å². The molecule has 0 saturated heterocycles. The van der Waals surface area contributed by atoms with Crippen molar-refractivity contribution in [3.8, 4) is 0 Å². The quantitative estimate of drug-likeness (QED) is 0.263. The van der Waals surface area contributed by atoms with Crippen molar-refractivity contribution in [1.29, 1.82) is 0 Å². The van der Waals surface area contributed by atoms with E-state index in [0.717, 1.165) is 17.1 Å². The molecule has 2 unspecified atom stereocenters. The van der Waals surface area contributed by atoms with Crippen molar-refractivity contribution in [2.45, 2.75) is 6.10 Å². The maximum absolute atomic E-state index is 12.0. The molecule has 0 aliphatic carbocycles. The van der Waals surface area contributed by atoms with Crippen molar-refractivity contribution < 1.29 is 42.7 Å². The van der Waals surface area contributed by atoms with Crippen molar-refractivity contribution in [2.24, 2.45) is 5.73 Å². The van der Waals surface area contributed by atoms with E-state index in [1.54, 1.807) is 0 Å². The van der Waals surface area contributed by atoms with Gasteiger partial charge >= 0.3 is 13.8 Å². The number of nitrogens with zero attached hydrogens (tertiary/aromatic N) is 1. The maximum atomic E-state index is 12.0. The Bertz CT molecular complexity index is 791. The highest BCUT2D eigenvalue weighted by Gasteiger charge is 2.25. The molecule has 12 heteroatoms. The van der Waals surface area contributed by atoms with E-state index in [9.17, 15) is 28.9 Å². The molecule has 1 aliphatic rings. The van der Waals surface area contributed by atoms with E-state index < -0.39 is 44.9 Å². The number of ether oxygens (including phenoxy) is 1. The molecule has 0 spiro atoms. The number of phosphoric ester groups is 1. The number of amides is 2. The molecular weight excluding hydrogens is 395 g/mol. The molecule has 28 heavy (non-hydrogen) atoms. The van der Waals surface area contributed by atoms with Crippen molar-refractivity contribution in [3.05, 3.63) is 42.0 Å². The van der Waals surface area contributed by atoms with Crippen LogP contribution in [0.5, 0.6) is 0 Å². The van der Waals surface area contributed by atoms with Crippen LogP contribution in [0.15, 0.2) is 36.4 Å². The molecule has 2 rings (SSSR count). The molecule has 1 aromatic carbocycles. The Morgan fingerprint density at radius 3 is 2.29 bits per heavy atom. The molecular formula is C16H19N2O9P. The van der Waals surface area contributed by atoms with Gasteiger partial charge in [-0.3, -0.25) is 18.6 Å². The average Bonchev–Trinajstić information content (AvgIpc) is 3.01. The third-order valence-electron chi connectivity index (χ3n) is 3.38. The van der Waals surface area contributed by atoms with Crippen LogP contribution in [-0.4, -0.2) is 60.3 Å². The minimum Gasteiger partial charge on any atom is -0.459 e. The summed E-state index contributed by atoms with van der Waals surface area (Å²) in [5.41, 5.74) is 5.53. The normalized spacial score (nSPS) is 16.9. The Morgan fingerprint density at radius 2 is 1.71 bits per heavy atom. The number of aliphatic hydroxyl groups excluding tert-OH is 1. The molecule has 1 aliphatic heterocycles. The third kappa shape index (κ3) is 6.06. The summed E-state index contributed by atoms with van der Waals surface area (Å²) in [4.78, 5) is 45.4. The highest BCUT2D eigenvalue weighted by molar-refractivity contribution is 7.47. The second kappa shape index (κ2) is 9.69. The summed E-state index contributed by atoms with van der Waals surface area (Å²) in [6.07, 6.45) is 0.914. The molecule has 0 aromatic heterocycles. The lowest BCUT2D eigenvalue weighted by molar-refractivity contribution is -0.120. The number of rotatable bonds is 10. The first-order chi connectivity index (χ1) is 13.2. The molecule has 2 atom stereocenters. The number of anilines is 1. The number of benzene rings is 1. The van der Waals surface area contributed by atoms with Gasteiger partial charge in [0.15, 0.2) is 0 Å². The van der Waals surface area contributed by atoms with Crippen LogP contribution in [0.25, 0.3) is 0 Å². The number of aliphatic hydroxyl groups is 1. The van der Waals surface area contributed by atoms with Crippen LogP contribution in [-0.2, 0) is 27.9 Å². The van der Waals surface area contributed by atoms with Crippen LogP contribution in [0.4, 0.5) is 5.69 Å². The smallest absolute Gasteiger partial charge is 0.459 e. The van der Waals surface area contributed by atoms with E-state index in [1.807, 2.05) is 0 Å². The fraction of sp³-hybridized carbons (Fsp3) is 0.312. The number of hydrogen-bond acceptors (Lipinski definition) is 9. The van der Waals surface area contributed by atoms with Gasteiger partial charge in [-0.2, -0.15) is 0 Å². The Labute approximate surface area is 159 Å². The number of phosphoric acid groups is 1. The van der Waals surface area contributed by atoms with Gasteiger partial charge in [-0.05, 0) is 24.3 Å². The molecule has 0 fully saturated rings. The second-order valence-electron chi connectivity index (χ2n) is 5.53. The number of nitrogens with two attached hydrogens (primary N) is 1. The predicted octanol–water partition coefficient (Wildman–Crippen LogP) is -0.274. The summed E-state index contributed by atoms with van der Waals surface area (Å²) >= 11 is 0. The first-order valence-corrected chi connectivity index (χ1v) is 9.56. The van der Waals surface area contributed by atoms with Gasteiger partial charge in [-0.25, -0.2) is 14.3 Å². The van der Waals surface area contributed by atoms with Crippen LogP contribution >= 0.6 is 7.82 Å². The number of carbonyl (C=O) groups is 3. The van der Waals surface area contributed by atoms with Gasteiger partial charge < -0.3 is 20.5 Å². The van der Waals surface area contributed by atoms with Gasteiger partial charge in [-0.15, -0.1) is 0 Å². The Kier molecular flexibility index (Phi) is 7.58. The first-order valence-electron chi connectivity index (χ1n) is 8.07. The van der Waals surface area contributed by atoms with Gasteiger partial charge in [0.1, 0.15) is 12.7 Å².